The topological polar surface area (TPSA) is 105 Å². The Morgan fingerprint density at radius 1 is 0.971 bits per heavy atom. The van der Waals surface area contributed by atoms with Crippen LogP contribution in [-0.4, -0.2) is 41.8 Å². The number of nitrogens with one attached hydrogen (secondary N) is 2. The van der Waals surface area contributed by atoms with Crippen LogP contribution in [0.4, 0.5) is 4.79 Å². The molecule has 2 aromatic carbocycles. The largest absolute Gasteiger partial charge is 0.480 e. The molecule has 0 aromatic heterocycles. The van der Waals surface area contributed by atoms with Gasteiger partial charge in [0.1, 0.15) is 18.7 Å². The number of carbonyl (C=O) groups is 3. The maximum absolute atomic E-state index is 12.8. The highest BCUT2D eigenvalue weighted by atomic mass is 16.5. The number of carboxylic acid groups (broad SMARTS) is 1. The van der Waals surface area contributed by atoms with Crippen molar-refractivity contribution < 1.29 is 24.2 Å². The fraction of sp³-hybridized carbons (Fsp3) is 0.370. The Kier molecular flexibility index (Phi) is 8.10. The summed E-state index contributed by atoms with van der Waals surface area (Å²) in [4.78, 5) is 37.0. The van der Waals surface area contributed by atoms with Crippen LogP contribution in [-0.2, 0) is 14.3 Å². The van der Waals surface area contributed by atoms with Crippen LogP contribution in [0.25, 0.3) is 11.1 Å². The van der Waals surface area contributed by atoms with Gasteiger partial charge in [0.15, 0.2) is 0 Å². The van der Waals surface area contributed by atoms with Crippen LogP contribution >= 0.6 is 0 Å². The number of hydrogen-bond acceptors (Lipinski definition) is 4. The van der Waals surface area contributed by atoms with E-state index >= 15 is 0 Å². The van der Waals surface area contributed by atoms with E-state index in [0.717, 1.165) is 27.8 Å². The molecule has 3 N–H and O–H groups in total. The quantitative estimate of drug-likeness (QED) is 0.475. The summed E-state index contributed by atoms with van der Waals surface area (Å²) in [5, 5.41) is 14.5. The molecule has 2 amide bonds. The number of carboxylic acids is 1. The average Bonchev–Trinajstić information content (AvgIpc) is 3.11. The van der Waals surface area contributed by atoms with Gasteiger partial charge in [-0.25, -0.2) is 9.59 Å². The Labute approximate surface area is 200 Å². The lowest BCUT2D eigenvalue weighted by Crippen LogP contribution is -2.53. The predicted octanol–water partition coefficient (Wildman–Crippen LogP) is 4.48. The van der Waals surface area contributed by atoms with Crippen molar-refractivity contribution in [3.8, 4) is 11.1 Å². The van der Waals surface area contributed by atoms with Crippen LogP contribution in [0.3, 0.4) is 0 Å². The summed E-state index contributed by atoms with van der Waals surface area (Å²) in [6.45, 7) is 7.32. The molecule has 0 fully saturated rings. The van der Waals surface area contributed by atoms with Crippen LogP contribution in [0.5, 0.6) is 0 Å². The lowest BCUT2D eigenvalue weighted by molar-refractivity contribution is -0.143. The number of fused-ring (bicyclic) bond motifs is 3. The maximum Gasteiger partial charge on any atom is 0.407 e. The summed E-state index contributed by atoms with van der Waals surface area (Å²) < 4.78 is 5.56. The molecule has 0 saturated heterocycles. The molecule has 0 saturated carbocycles. The summed E-state index contributed by atoms with van der Waals surface area (Å²) in [6.07, 6.45) is 1.32. The fourth-order valence-corrected chi connectivity index (χ4v) is 4.13. The van der Waals surface area contributed by atoms with Gasteiger partial charge < -0.3 is 20.5 Å². The first kappa shape index (κ1) is 25.0. The van der Waals surface area contributed by atoms with Crippen LogP contribution < -0.4 is 10.6 Å². The number of benzene rings is 2. The van der Waals surface area contributed by atoms with Gasteiger partial charge in [0.05, 0.1) is 0 Å². The molecule has 1 aliphatic carbocycles. The summed E-state index contributed by atoms with van der Waals surface area (Å²) >= 11 is 0. The first-order valence-electron chi connectivity index (χ1n) is 11.5. The second-order valence-corrected chi connectivity index (χ2v) is 9.11. The Hall–Kier alpha value is -3.61. The SMILES string of the molecule is CC(C)=CCC(NC(=O)OCC1c2ccccc2-c2ccccc21)C(=O)NC(C(=O)O)C(C)C. The predicted molar refractivity (Wildman–Crippen MR) is 130 cm³/mol. The molecule has 0 radical (unpaired) electrons. The molecular formula is C27H32N2O5. The van der Waals surface area contributed by atoms with Crippen molar-refractivity contribution in [2.75, 3.05) is 6.61 Å². The highest BCUT2D eigenvalue weighted by Crippen LogP contribution is 2.44. The standard InChI is InChI=1S/C27H32N2O5/c1-16(2)13-14-23(25(30)29-24(17(3)4)26(31)32)28-27(33)34-15-22-20-11-7-5-9-18(20)19-10-6-8-12-21(19)22/h5-13,17,22-24H,14-15H2,1-4H3,(H,28,33)(H,29,30)(H,31,32). The molecule has 7 nitrogen and oxygen atoms in total. The minimum Gasteiger partial charge on any atom is -0.480 e. The normalized spacial score (nSPS) is 13.9. The molecule has 7 heteroatoms. The van der Waals surface area contributed by atoms with E-state index in [1.165, 1.54) is 0 Å². The first-order chi connectivity index (χ1) is 16.2. The Bertz CT molecular complexity index is 1040. The third-order valence-electron chi connectivity index (χ3n) is 5.94. The van der Waals surface area contributed by atoms with E-state index in [0.29, 0.717) is 0 Å². The number of aliphatic carboxylic acids is 1. The molecule has 3 rings (SSSR count). The number of ether oxygens (including phenoxy) is 1. The first-order valence-corrected chi connectivity index (χ1v) is 11.5. The molecule has 2 aromatic rings. The van der Waals surface area contributed by atoms with Crippen molar-refractivity contribution in [2.45, 2.75) is 52.1 Å². The zero-order valence-electron chi connectivity index (χ0n) is 20.0. The van der Waals surface area contributed by atoms with E-state index in [1.807, 2.05) is 56.3 Å². The zero-order chi connectivity index (χ0) is 24.8. The highest BCUT2D eigenvalue weighted by Gasteiger charge is 2.31. The van der Waals surface area contributed by atoms with E-state index in [4.69, 9.17) is 4.74 Å². The minimum absolute atomic E-state index is 0.0967. The van der Waals surface area contributed by atoms with Crippen molar-refractivity contribution in [2.24, 2.45) is 5.92 Å². The monoisotopic (exact) mass is 464 g/mol. The summed E-state index contributed by atoms with van der Waals surface area (Å²) in [6, 6.07) is 14.1. The molecule has 34 heavy (non-hydrogen) atoms. The molecule has 0 heterocycles. The van der Waals surface area contributed by atoms with Gasteiger partial charge in [-0.1, -0.05) is 74.0 Å². The van der Waals surface area contributed by atoms with Gasteiger partial charge in [-0.05, 0) is 48.4 Å². The molecule has 180 valence electrons. The highest BCUT2D eigenvalue weighted by molar-refractivity contribution is 5.89. The van der Waals surface area contributed by atoms with Gasteiger partial charge in [0, 0.05) is 5.92 Å². The Morgan fingerprint density at radius 3 is 2.03 bits per heavy atom. The summed E-state index contributed by atoms with van der Waals surface area (Å²) in [5.41, 5.74) is 5.42. The molecule has 1 aliphatic rings. The summed E-state index contributed by atoms with van der Waals surface area (Å²) in [5.74, 6) is -2.09. The van der Waals surface area contributed by atoms with Gasteiger partial charge in [0.25, 0.3) is 0 Å². The average molecular weight is 465 g/mol. The number of alkyl carbamates (subject to hydrolysis) is 1. The molecular weight excluding hydrogens is 432 g/mol. The van der Waals surface area contributed by atoms with Gasteiger partial charge in [-0.2, -0.15) is 0 Å². The molecule has 2 atom stereocenters. The lowest BCUT2D eigenvalue weighted by atomic mass is 9.98. The number of carbonyl (C=O) groups excluding carboxylic acids is 2. The van der Waals surface area contributed by atoms with Crippen molar-refractivity contribution in [1.82, 2.24) is 10.6 Å². The van der Waals surface area contributed by atoms with E-state index in [1.54, 1.807) is 13.8 Å². The van der Waals surface area contributed by atoms with Gasteiger partial charge in [0.2, 0.25) is 5.91 Å². The van der Waals surface area contributed by atoms with E-state index < -0.39 is 30.1 Å². The lowest BCUT2D eigenvalue weighted by Gasteiger charge is -2.23. The van der Waals surface area contributed by atoms with E-state index in [2.05, 4.69) is 22.8 Å². The third kappa shape index (κ3) is 5.84. The van der Waals surface area contributed by atoms with E-state index in [-0.39, 0.29) is 24.9 Å². The van der Waals surface area contributed by atoms with Crippen LogP contribution in [0.15, 0.2) is 60.2 Å². The smallest absolute Gasteiger partial charge is 0.407 e. The second-order valence-electron chi connectivity index (χ2n) is 9.11. The molecule has 2 unspecified atom stereocenters. The van der Waals surface area contributed by atoms with Crippen molar-refractivity contribution >= 4 is 18.0 Å². The van der Waals surface area contributed by atoms with Crippen molar-refractivity contribution in [3.05, 3.63) is 71.3 Å². The molecule has 0 spiro atoms. The molecule has 0 aliphatic heterocycles. The van der Waals surface area contributed by atoms with Gasteiger partial charge in [-0.3, -0.25) is 4.79 Å². The van der Waals surface area contributed by atoms with E-state index in [9.17, 15) is 19.5 Å². The van der Waals surface area contributed by atoms with Crippen LogP contribution in [0, 0.1) is 5.92 Å². The van der Waals surface area contributed by atoms with Gasteiger partial charge >= 0.3 is 12.1 Å². The number of amides is 2. The molecule has 0 bridgehead atoms. The second kappa shape index (κ2) is 11.0. The number of allylic oxidation sites excluding steroid dienone is 1. The Balaban J connectivity index is 1.69. The number of rotatable bonds is 9. The van der Waals surface area contributed by atoms with Gasteiger partial charge in [-0.15, -0.1) is 0 Å². The maximum atomic E-state index is 12.8. The Morgan fingerprint density at radius 2 is 1.53 bits per heavy atom. The number of hydrogen-bond donors (Lipinski definition) is 3. The van der Waals surface area contributed by atoms with Crippen molar-refractivity contribution in [3.63, 3.8) is 0 Å². The van der Waals surface area contributed by atoms with Crippen LogP contribution in [0.1, 0.15) is 51.2 Å². The van der Waals surface area contributed by atoms with Crippen molar-refractivity contribution in [1.29, 1.82) is 0 Å². The minimum atomic E-state index is -1.12. The van der Waals surface area contributed by atoms with Crippen LogP contribution in [0.2, 0.25) is 0 Å². The fourth-order valence-electron chi connectivity index (χ4n) is 4.13. The summed E-state index contributed by atoms with van der Waals surface area (Å²) in [7, 11) is 0. The third-order valence-corrected chi connectivity index (χ3v) is 5.94. The zero-order valence-corrected chi connectivity index (χ0v) is 20.0.